The number of fused-ring (bicyclic) bond motifs is 1. The molecule has 25 heavy (non-hydrogen) atoms. The normalized spacial score (nSPS) is 14.3. The molecule has 0 saturated carbocycles. The Balaban J connectivity index is 1.94. The van der Waals surface area contributed by atoms with Crippen LogP contribution in [0.2, 0.25) is 0 Å². The van der Waals surface area contributed by atoms with Crippen molar-refractivity contribution in [1.29, 1.82) is 0 Å². The summed E-state index contributed by atoms with van der Waals surface area (Å²) in [6, 6.07) is 10.1. The zero-order valence-corrected chi connectivity index (χ0v) is 16.3. The van der Waals surface area contributed by atoms with Crippen LogP contribution in [-0.4, -0.2) is 15.4 Å². The molecule has 1 heterocycles. The van der Waals surface area contributed by atoms with E-state index in [2.05, 4.69) is 33.0 Å². The number of halogens is 1. The molecule has 3 heteroatoms. The van der Waals surface area contributed by atoms with Gasteiger partial charge in [0.1, 0.15) is 5.75 Å². The summed E-state index contributed by atoms with van der Waals surface area (Å²) < 4.78 is 0. The SMILES string of the molecule is Oc1ccc2c(c1)CCCC(c1cccnc1)=C2CCCCCCBr. The molecule has 0 bridgehead atoms. The second-order valence-corrected chi connectivity index (χ2v) is 7.54. The molecule has 0 amide bonds. The number of phenolic OH excluding ortho intramolecular Hbond substituents is 1. The van der Waals surface area contributed by atoms with Gasteiger partial charge in [-0.3, -0.25) is 4.98 Å². The molecular formula is C22H26BrNO. The Morgan fingerprint density at radius 3 is 2.72 bits per heavy atom. The fourth-order valence-corrected chi connectivity index (χ4v) is 4.14. The average molecular weight is 400 g/mol. The van der Waals surface area contributed by atoms with Gasteiger partial charge in [0.25, 0.3) is 0 Å². The molecule has 1 N–H and O–H groups in total. The van der Waals surface area contributed by atoms with Crippen LogP contribution in [0.25, 0.3) is 11.1 Å². The van der Waals surface area contributed by atoms with Crippen LogP contribution in [0.3, 0.4) is 0 Å². The minimum absolute atomic E-state index is 0.375. The predicted molar refractivity (Wildman–Crippen MR) is 109 cm³/mol. The van der Waals surface area contributed by atoms with E-state index in [9.17, 15) is 5.11 Å². The van der Waals surface area contributed by atoms with Gasteiger partial charge in [-0.15, -0.1) is 0 Å². The van der Waals surface area contributed by atoms with Gasteiger partial charge in [-0.25, -0.2) is 0 Å². The van der Waals surface area contributed by atoms with Crippen molar-refractivity contribution in [2.45, 2.75) is 51.4 Å². The van der Waals surface area contributed by atoms with Gasteiger partial charge in [0.05, 0.1) is 0 Å². The molecule has 1 aromatic heterocycles. The maximum absolute atomic E-state index is 9.89. The van der Waals surface area contributed by atoms with Crippen molar-refractivity contribution in [3.05, 3.63) is 59.4 Å². The zero-order valence-electron chi connectivity index (χ0n) is 14.7. The average Bonchev–Trinajstić information content (AvgIpc) is 2.81. The lowest BCUT2D eigenvalue weighted by molar-refractivity contribution is 0.474. The number of hydrogen-bond donors (Lipinski definition) is 1. The summed E-state index contributed by atoms with van der Waals surface area (Å²) >= 11 is 3.52. The third kappa shape index (κ3) is 4.72. The summed E-state index contributed by atoms with van der Waals surface area (Å²) in [7, 11) is 0. The number of aromatic nitrogens is 1. The molecule has 0 aliphatic heterocycles. The molecule has 0 unspecified atom stereocenters. The highest BCUT2D eigenvalue weighted by Gasteiger charge is 2.18. The molecule has 3 rings (SSSR count). The third-order valence-corrected chi connectivity index (χ3v) is 5.53. The standard InChI is InChI=1S/C22H26BrNO/c23-13-4-2-1-3-9-22-20(18-8-6-14-24-16-18)10-5-7-17-15-19(25)11-12-21(17)22/h6,8,11-12,14-16,25H,1-5,7,9-10,13H2. The minimum Gasteiger partial charge on any atom is -0.508 e. The highest BCUT2D eigenvalue weighted by molar-refractivity contribution is 9.09. The zero-order chi connectivity index (χ0) is 17.5. The highest BCUT2D eigenvalue weighted by atomic mass is 79.9. The fourth-order valence-electron chi connectivity index (χ4n) is 3.75. The van der Waals surface area contributed by atoms with E-state index in [1.807, 2.05) is 30.6 Å². The molecule has 1 aliphatic rings. The maximum atomic E-state index is 9.89. The lowest BCUT2D eigenvalue weighted by Crippen LogP contribution is -1.95. The molecular weight excluding hydrogens is 374 g/mol. The van der Waals surface area contributed by atoms with Gasteiger partial charge < -0.3 is 5.11 Å². The molecule has 132 valence electrons. The van der Waals surface area contributed by atoms with E-state index in [0.29, 0.717) is 5.75 Å². The second kappa shape index (κ2) is 9.19. The summed E-state index contributed by atoms with van der Waals surface area (Å²) in [5.41, 5.74) is 6.76. The Kier molecular flexibility index (Phi) is 6.69. The largest absolute Gasteiger partial charge is 0.508 e. The van der Waals surface area contributed by atoms with Gasteiger partial charge in [-0.2, -0.15) is 0 Å². The van der Waals surface area contributed by atoms with Crippen LogP contribution in [0.4, 0.5) is 0 Å². The smallest absolute Gasteiger partial charge is 0.115 e. The lowest BCUT2D eigenvalue weighted by atomic mass is 9.89. The summed E-state index contributed by atoms with van der Waals surface area (Å²) in [6.07, 6.45) is 13.2. The molecule has 0 saturated heterocycles. The molecule has 1 aromatic carbocycles. The number of alkyl halides is 1. The van der Waals surface area contributed by atoms with E-state index in [-0.39, 0.29) is 0 Å². The number of allylic oxidation sites excluding steroid dienone is 2. The topological polar surface area (TPSA) is 33.1 Å². The number of aromatic hydroxyl groups is 1. The third-order valence-electron chi connectivity index (χ3n) is 4.97. The number of unbranched alkanes of at least 4 members (excludes halogenated alkanes) is 3. The number of aryl methyl sites for hydroxylation is 1. The number of rotatable bonds is 7. The summed E-state index contributed by atoms with van der Waals surface area (Å²) in [6.45, 7) is 0. The lowest BCUT2D eigenvalue weighted by Gasteiger charge is -2.16. The quantitative estimate of drug-likeness (QED) is 0.432. The van der Waals surface area contributed by atoms with Crippen LogP contribution in [0.1, 0.15) is 61.6 Å². The van der Waals surface area contributed by atoms with Gasteiger partial charge in [0.15, 0.2) is 0 Å². The first-order valence-corrected chi connectivity index (χ1v) is 10.4. The molecule has 0 radical (unpaired) electrons. The Morgan fingerprint density at radius 2 is 1.92 bits per heavy atom. The van der Waals surface area contributed by atoms with Crippen molar-refractivity contribution in [1.82, 2.24) is 4.98 Å². The highest BCUT2D eigenvalue weighted by Crippen LogP contribution is 2.39. The van der Waals surface area contributed by atoms with Gasteiger partial charge in [0, 0.05) is 17.7 Å². The minimum atomic E-state index is 0.375. The first-order valence-electron chi connectivity index (χ1n) is 9.30. The van der Waals surface area contributed by atoms with Crippen LogP contribution in [-0.2, 0) is 6.42 Å². The fraction of sp³-hybridized carbons (Fsp3) is 0.409. The van der Waals surface area contributed by atoms with E-state index in [1.54, 1.807) is 0 Å². The molecule has 2 aromatic rings. The number of hydrogen-bond acceptors (Lipinski definition) is 2. The first-order chi connectivity index (χ1) is 12.3. The first kappa shape index (κ1) is 18.2. The number of benzene rings is 1. The summed E-state index contributed by atoms with van der Waals surface area (Å²) in [4.78, 5) is 4.34. The Bertz CT molecular complexity index is 724. The Morgan fingerprint density at radius 1 is 1.04 bits per heavy atom. The summed E-state index contributed by atoms with van der Waals surface area (Å²) in [5.74, 6) is 0.375. The molecule has 0 atom stereocenters. The molecule has 2 nitrogen and oxygen atoms in total. The summed E-state index contributed by atoms with van der Waals surface area (Å²) in [5, 5.41) is 11.0. The monoisotopic (exact) mass is 399 g/mol. The molecule has 0 spiro atoms. The predicted octanol–water partition coefficient (Wildman–Crippen LogP) is 6.38. The van der Waals surface area contributed by atoms with Gasteiger partial charge in [0.2, 0.25) is 0 Å². The van der Waals surface area contributed by atoms with Gasteiger partial charge in [-0.1, -0.05) is 40.9 Å². The van der Waals surface area contributed by atoms with Crippen molar-refractivity contribution >= 4 is 27.1 Å². The van der Waals surface area contributed by atoms with Crippen molar-refractivity contribution in [2.24, 2.45) is 0 Å². The number of nitrogens with zero attached hydrogens (tertiary/aromatic N) is 1. The van der Waals surface area contributed by atoms with Crippen LogP contribution >= 0.6 is 15.9 Å². The van der Waals surface area contributed by atoms with Gasteiger partial charge in [-0.05, 0) is 84.6 Å². The second-order valence-electron chi connectivity index (χ2n) is 6.75. The van der Waals surface area contributed by atoms with Crippen molar-refractivity contribution in [2.75, 3.05) is 5.33 Å². The molecule has 0 fully saturated rings. The van der Waals surface area contributed by atoms with Crippen LogP contribution in [0, 0.1) is 0 Å². The van der Waals surface area contributed by atoms with Crippen molar-refractivity contribution in [3.63, 3.8) is 0 Å². The van der Waals surface area contributed by atoms with E-state index in [4.69, 9.17) is 0 Å². The van der Waals surface area contributed by atoms with Crippen LogP contribution in [0.15, 0.2) is 42.7 Å². The molecule has 1 aliphatic carbocycles. The van der Waals surface area contributed by atoms with E-state index in [1.165, 1.54) is 53.5 Å². The van der Waals surface area contributed by atoms with E-state index < -0.39 is 0 Å². The Hall–Kier alpha value is -1.61. The maximum Gasteiger partial charge on any atom is 0.115 e. The van der Waals surface area contributed by atoms with E-state index in [0.717, 1.165) is 31.0 Å². The van der Waals surface area contributed by atoms with Gasteiger partial charge >= 0.3 is 0 Å². The number of pyridine rings is 1. The van der Waals surface area contributed by atoms with E-state index >= 15 is 0 Å². The Labute approximate surface area is 159 Å². The number of phenols is 1. The van der Waals surface area contributed by atoms with Crippen LogP contribution < -0.4 is 0 Å². The van der Waals surface area contributed by atoms with Crippen molar-refractivity contribution < 1.29 is 5.11 Å². The van der Waals surface area contributed by atoms with Crippen LogP contribution in [0.5, 0.6) is 5.75 Å². The van der Waals surface area contributed by atoms with Crippen molar-refractivity contribution in [3.8, 4) is 5.75 Å².